The summed E-state index contributed by atoms with van der Waals surface area (Å²) in [5, 5.41) is 11.6. The molecule has 0 aromatic carbocycles. The van der Waals surface area contributed by atoms with Crippen molar-refractivity contribution in [1.82, 2.24) is 5.32 Å². The highest BCUT2D eigenvalue weighted by atomic mass is 16.5. The molecule has 0 spiro atoms. The number of nitrogens with one attached hydrogen (secondary N) is 1. The molecule has 104 valence electrons. The van der Waals surface area contributed by atoms with Gasteiger partial charge in [0, 0.05) is 26.1 Å². The summed E-state index contributed by atoms with van der Waals surface area (Å²) in [7, 11) is 1.51. The second-order valence-corrected chi connectivity index (χ2v) is 6.06. The number of carbonyl (C=O) groups excluding carboxylic acids is 1. The van der Waals surface area contributed by atoms with Crippen molar-refractivity contribution < 1.29 is 19.4 Å². The summed E-state index contributed by atoms with van der Waals surface area (Å²) in [5.74, 6) is -1.32. The number of carboxylic acids is 1. The Morgan fingerprint density at radius 3 is 2.11 bits per heavy atom. The molecule has 2 N–H and O–H groups in total. The Morgan fingerprint density at radius 2 is 1.78 bits per heavy atom. The van der Waals surface area contributed by atoms with Crippen molar-refractivity contribution in [3.05, 3.63) is 0 Å². The van der Waals surface area contributed by atoms with Gasteiger partial charge in [-0.1, -0.05) is 27.7 Å². The van der Waals surface area contributed by atoms with E-state index in [1.807, 2.05) is 27.7 Å². The van der Waals surface area contributed by atoms with Gasteiger partial charge in [-0.05, 0) is 10.8 Å². The Labute approximate surface area is 108 Å². The van der Waals surface area contributed by atoms with Crippen LogP contribution in [0.2, 0.25) is 0 Å². The predicted octanol–water partition coefficient (Wildman–Crippen LogP) is 1.27. The van der Waals surface area contributed by atoms with Gasteiger partial charge >= 0.3 is 5.97 Å². The molecular weight excluding hydrogens is 234 g/mol. The fourth-order valence-corrected chi connectivity index (χ4v) is 2.60. The summed E-state index contributed by atoms with van der Waals surface area (Å²) in [6.45, 7) is 8.43. The summed E-state index contributed by atoms with van der Waals surface area (Å²) in [4.78, 5) is 23.1. The number of rotatable bonds is 6. The molecule has 1 rings (SSSR count). The van der Waals surface area contributed by atoms with Crippen LogP contribution >= 0.6 is 0 Å². The van der Waals surface area contributed by atoms with Crippen LogP contribution in [0, 0.1) is 16.7 Å². The number of aliphatic carboxylic acids is 1. The van der Waals surface area contributed by atoms with Crippen LogP contribution in [0.4, 0.5) is 0 Å². The van der Waals surface area contributed by atoms with Gasteiger partial charge in [-0.25, -0.2) is 4.79 Å². The topological polar surface area (TPSA) is 75.6 Å². The lowest BCUT2D eigenvalue weighted by atomic mass is 10.0. The molecule has 0 saturated heterocycles. The van der Waals surface area contributed by atoms with Crippen molar-refractivity contribution in [3.63, 3.8) is 0 Å². The normalized spacial score (nSPS) is 22.3. The lowest BCUT2D eigenvalue weighted by Gasteiger charge is -2.14. The highest BCUT2D eigenvalue weighted by Crippen LogP contribution is 2.68. The van der Waals surface area contributed by atoms with Crippen LogP contribution < -0.4 is 5.32 Å². The van der Waals surface area contributed by atoms with Crippen LogP contribution in [0.3, 0.4) is 0 Å². The number of ether oxygens (including phenoxy) is 1. The van der Waals surface area contributed by atoms with E-state index in [-0.39, 0.29) is 29.1 Å². The van der Waals surface area contributed by atoms with Crippen LogP contribution in [-0.4, -0.2) is 36.7 Å². The minimum absolute atomic E-state index is 0.0820. The molecule has 1 fully saturated rings. The zero-order chi connectivity index (χ0) is 14.1. The van der Waals surface area contributed by atoms with Crippen LogP contribution in [0.1, 0.15) is 34.1 Å². The molecular formula is C13H23NO4. The van der Waals surface area contributed by atoms with Crippen LogP contribution in [0.25, 0.3) is 0 Å². The maximum absolute atomic E-state index is 12.1. The quantitative estimate of drug-likeness (QED) is 0.751. The molecule has 0 radical (unpaired) electrons. The van der Waals surface area contributed by atoms with Crippen LogP contribution in [0.15, 0.2) is 0 Å². The van der Waals surface area contributed by atoms with Gasteiger partial charge in [0.1, 0.15) is 6.04 Å². The van der Waals surface area contributed by atoms with Crippen molar-refractivity contribution in [2.24, 2.45) is 16.7 Å². The van der Waals surface area contributed by atoms with E-state index in [4.69, 9.17) is 9.84 Å². The molecule has 1 amide bonds. The van der Waals surface area contributed by atoms with Crippen molar-refractivity contribution in [3.8, 4) is 0 Å². The summed E-state index contributed by atoms with van der Waals surface area (Å²) in [6, 6.07) is -0.871. The van der Waals surface area contributed by atoms with Crippen molar-refractivity contribution in [2.45, 2.75) is 40.2 Å². The van der Waals surface area contributed by atoms with E-state index < -0.39 is 12.0 Å². The monoisotopic (exact) mass is 257 g/mol. The summed E-state index contributed by atoms with van der Waals surface area (Å²) in [6.07, 6.45) is 0.283. The standard InChI is InChI=1S/C13H23NO4/c1-12(2)9(13(12,3)4)10(15)14-8(11(16)17)6-7-18-5/h8-9H,6-7H2,1-5H3,(H,14,15)(H,16,17)/t8-/m0/s1. The van der Waals surface area contributed by atoms with E-state index in [0.29, 0.717) is 6.61 Å². The molecule has 0 heterocycles. The third-order valence-electron chi connectivity index (χ3n) is 4.51. The molecule has 0 aliphatic heterocycles. The maximum Gasteiger partial charge on any atom is 0.326 e. The average Bonchev–Trinajstić information content (AvgIpc) is 2.63. The van der Waals surface area contributed by atoms with E-state index in [1.54, 1.807) is 0 Å². The number of methoxy groups -OCH3 is 1. The second kappa shape index (κ2) is 4.88. The van der Waals surface area contributed by atoms with Crippen LogP contribution in [-0.2, 0) is 14.3 Å². The first-order valence-corrected chi connectivity index (χ1v) is 6.18. The van der Waals surface area contributed by atoms with Gasteiger partial charge in [0.05, 0.1) is 0 Å². The molecule has 1 aliphatic carbocycles. The van der Waals surface area contributed by atoms with Gasteiger partial charge in [-0.3, -0.25) is 4.79 Å². The zero-order valence-electron chi connectivity index (χ0n) is 11.7. The van der Waals surface area contributed by atoms with Crippen molar-refractivity contribution in [2.75, 3.05) is 13.7 Å². The van der Waals surface area contributed by atoms with Gasteiger partial charge in [0.15, 0.2) is 0 Å². The fraction of sp³-hybridized carbons (Fsp3) is 0.846. The summed E-state index contributed by atoms with van der Waals surface area (Å²) in [5.41, 5.74) is -0.164. The first-order chi connectivity index (χ1) is 8.16. The summed E-state index contributed by atoms with van der Waals surface area (Å²) >= 11 is 0. The molecule has 0 bridgehead atoms. The van der Waals surface area contributed by atoms with Gasteiger partial charge in [0.2, 0.25) is 5.91 Å². The van der Waals surface area contributed by atoms with Crippen molar-refractivity contribution in [1.29, 1.82) is 0 Å². The van der Waals surface area contributed by atoms with E-state index >= 15 is 0 Å². The van der Waals surface area contributed by atoms with Crippen LogP contribution in [0.5, 0.6) is 0 Å². The molecule has 0 unspecified atom stereocenters. The third-order valence-corrected chi connectivity index (χ3v) is 4.51. The number of hydrogen-bond donors (Lipinski definition) is 2. The third kappa shape index (κ3) is 2.51. The summed E-state index contributed by atoms with van der Waals surface area (Å²) < 4.78 is 4.85. The Hall–Kier alpha value is -1.10. The van der Waals surface area contributed by atoms with E-state index in [9.17, 15) is 9.59 Å². The van der Waals surface area contributed by atoms with Gasteiger partial charge in [-0.2, -0.15) is 0 Å². The Balaban J connectivity index is 2.61. The zero-order valence-corrected chi connectivity index (χ0v) is 11.7. The number of hydrogen-bond acceptors (Lipinski definition) is 3. The highest BCUT2D eigenvalue weighted by Gasteiger charge is 2.68. The van der Waals surface area contributed by atoms with E-state index in [1.165, 1.54) is 7.11 Å². The van der Waals surface area contributed by atoms with Gasteiger partial charge in [-0.15, -0.1) is 0 Å². The predicted molar refractivity (Wildman–Crippen MR) is 67.1 cm³/mol. The molecule has 0 aromatic rings. The number of carbonyl (C=O) groups is 2. The molecule has 0 aromatic heterocycles. The fourth-order valence-electron chi connectivity index (χ4n) is 2.60. The Bertz CT molecular complexity index is 335. The first kappa shape index (κ1) is 15.0. The lowest BCUT2D eigenvalue weighted by Crippen LogP contribution is -2.43. The second-order valence-electron chi connectivity index (χ2n) is 6.06. The smallest absolute Gasteiger partial charge is 0.326 e. The minimum atomic E-state index is -1.02. The molecule has 5 heteroatoms. The Morgan fingerprint density at radius 1 is 1.28 bits per heavy atom. The maximum atomic E-state index is 12.1. The molecule has 5 nitrogen and oxygen atoms in total. The molecule has 1 atom stereocenters. The average molecular weight is 257 g/mol. The molecule has 18 heavy (non-hydrogen) atoms. The van der Waals surface area contributed by atoms with E-state index in [2.05, 4.69) is 5.32 Å². The molecule has 1 saturated carbocycles. The van der Waals surface area contributed by atoms with Crippen molar-refractivity contribution >= 4 is 11.9 Å². The highest BCUT2D eigenvalue weighted by molar-refractivity contribution is 5.88. The Kier molecular flexibility index (Phi) is 4.05. The number of carboxylic acid groups (broad SMARTS) is 1. The largest absolute Gasteiger partial charge is 0.480 e. The van der Waals surface area contributed by atoms with Gasteiger partial charge in [0.25, 0.3) is 0 Å². The SMILES string of the molecule is COCC[C@H](NC(=O)C1C(C)(C)C1(C)C)C(=O)O. The molecule has 1 aliphatic rings. The minimum Gasteiger partial charge on any atom is -0.480 e. The number of amides is 1. The first-order valence-electron chi connectivity index (χ1n) is 6.18. The lowest BCUT2D eigenvalue weighted by molar-refractivity contribution is -0.142. The van der Waals surface area contributed by atoms with E-state index in [0.717, 1.165) is 0 Å². The van der Waals surface area contributed by atoms with Gasteiger partial charge < -0.3 is 15.2 Å².